The molecule has 1 aromatic heterocycles. The standard InChI is InChI=1S/C32H27ClF3NO5/c1-3-40-29(38)31(16-17-31)24-12-10-22(11-13-24)21-4-6-23(7-5-21)28-27(26(33)18-41-28)37-30(39)42-19(2)20-8-14-25(15-9-20)32(34,35)36/h4-15,18-19H,3,16-17H2,1-2H3,(H,37,39)/t19-/m1/s1. The molecule has 1 amide bonds. The molecule has 5 rings (SSSR count). The molecule has 0 bridgehead atoms. The molecule has 0 unspecified atom stereocenters. The first kappa shape index (κ1) is 29.3. The fourth-order valence-electron chi connectivity index (χ4n) is 4.77. The number of halogens is 4. The number of nitrogens with one attached hydrogen (secondary N) is 1. The highest BCUT2D eigenvalue weighted by atomic mass is 35.5. The van der Waals surface area contributed by atoms with E-state index < -0.39 is 29.4 Å². The van der Waals surface area contributed by atoms with Crippen LogP contribution in [0.5, 0.6) is 0 Å². The molecule has 0 radical (unpaired) electrons. The van der Waals surface area contributed by atoms with Crippen molar-refractivity contribution in [1.82, 2.24) is 0 Å². The molecule has 10 heteroatoms. The zero-order chi connectivity index (χ0) is 30.1. The lowest BCUT2D eigenvalue weighted by atomic mass is 9.93. The molecule has 0 saturated heterocycles. The Kier molecular flexibility index (Phi) is 8.06. The van der Waals surface area contributed by atoms with Crippen molar-refractivity contribution < 1.29 is 36.7 Å². The van der Waals surface area contributed by atoms with Crippen molar-refractivity contribution in [3.8, 4) is 22.5 Å². The molecule has 1 heterocycles. The molecular weight excluding hydrogens is 571 g/mol. The van der Waals surface area contributed by atoms with Gasteiger partial charge in [-0.25, -0.2) is 4.79 Å². The summed E-state index contributed by atoms with van der Waals surface area (Å²) in [4.78, 5) is 25.0. The number of carbonyl (C=O) groups excluding carboxylic acids is 2. The van der Waals surface area contributed by atoms with Gasteiger partial charge in [-0.1, -0.05) is 72.3 Å². The van der Waals surface area contributed by atoms with Crippen LogP contribution in [-0.4, -0.2) is 18.7 Å². The average molecular weight is 598 g/mol. The highest BCUT2D eigenvalue weighted by molar-refractivity contribution is 6.34. The lowest BCUT2D eigenvalue weighted by Crippen LogP contribution is -2.23. The Morgan fingerprint density at radius 3 is 2.07 bits per heavy atom. The van der Waals surface area contributed by atoms with Crippen molar-refractivity contribution in [3.63, 3.8) is 0 Å². The van der Waals surface area contributed by atoms with Gasteiger partial charge in [-0.3, -0.25) is 10.1 Å². The molecule has 1 aliphatic carbocycles. The molecule has 1 fully saturated rings. The number of ether oxygens (including phenoxy) is 2. The summed E-state index contributed by atoms with van der Waals surface area (Å²) >= 11 is 6.27. The van der Waals surface area contributed by atoms with Crippen LogP contribution in [-0.2, 0) is 25.9 Å². The van der Waals surface area contributed by atoms with Crippen molar-refractivity contribution in [2.24, 2.45) is 0 Å². The number of carbonyl (C=O) groups is 2. The lowest BCUT2D eigenvalue weighted by molar-refractivity contribution is -0.146. The Bertz CT molecular complexity index is 1570. The van der Waals surface area contributed by atoms with Gasteiger partial charge in [0.05, 0.1) is 17.6 Å². The third-order valence-electron chi connectivity index (χ3n) is 7.30. The number of hydrogen-bond donors (Lipinski definition) is 1. The third-order valence-corrected chi connectivity index (χ3v) is 7.58. The number of hydrogen-bond acceptors (Lipinski definition) is 5. The number of furan rings is 1. The summed E-state index contributed by atoms with van der Waals surface area (Å²) in [6, 6.07) is 19.7. The van der Waals surface area contributed by atoms with E-state index in [2.05, 4.69) is 5.32 Å². The molecule has 4 aromatic rings. The Balaban J connectivity index is 1.26. The van der Waals surface area contributed by atoms with E-state index in [0.29, 0.717) is 23.5 Å². The Morgan fingerprint density at radius 2 is 1.52 bits per heavy atom. The molecule has 0 spiro atoms. The third kappa shape index (κ3) is 6.01. The van der Waals surface area contributed by atoms with E-state index >= 15 is 0 Å². The molecular formula is C32H27ClF3NO5. The summed E-state index contributed by atoms with van der Waals surface area (Å²) in [7, 11) is 0. The van der Waals surface area contributed by atoms with Crippen LogP contribution in [0, 0.1) is 0 Å². The summed E-state index contributed by atoms with van der Waals surface area (Å²) < 4.78 is 54.7. The second kappa shape index (κ2) is 11.6. The minimum atomic E-state index is -4.46. The van der Waals surface area contributed by atoms with E-state index in [9.17, 15) is 22.8 Å². The molecule has 42 heavy (non-hydrogen) atoms. The molecule has 1 atom stereocenters. The summed E-state index contributed by atoms with van der Waals surface area (Å²) in [5, 5.41) is 2.73. The van der Waals surface area contributed by atoms with Gasteiger partial charge in [-0.2, -0.15) is 13.2 Å². The van der Waals surface area contributed by atoms with E-state index in [-0.39, 0.29) is 16.7 Å². The summed E-state index contributed by atoms with van der Waals surface area (Å²) in [5.41, 5.74) is 2.76. The quantitative estimate of drug-likeness (QED) is 0.205. The van der Waals surface area contributed by atoms with Crippen molar-refractivity contribution in [2.75, 3.05) is 11.9 Å². The Labute approximate surface area is 245 Å². The van der Waals surface area contributed by atoms with Gasteiger partial charge in [0.15, 0.2) is 5.76 Å². The minimum absolute atomic E-state index is 0.152. The maximum Gasteiger partial charge on any atom is 0.416 e. The second-order valence-electron chi connectivity index (χ2n) is 10.0. The molecule has 218 valence electrons. The monoisotopic (exact) mass is 597 g/mol. The van der Waals surface area contributed by atoms with Crippen LogP contribution in [0.25, 0.3) is 22.5 Å². The predicted octanol–water partition coefficient (Wildman–Crippen LogP) is 9.19. The highest BCUT2D eigenvalue weighted by Crippen LogP contribution is 2.49. The molecule has 3 aromatic carbocycles. The van der Waals surface area contributed by atoms with E-state index in [0.717, 1.165) is 41.7 Å². The summed E-state index contributed by atoms with van der Waals surface area (Å²) in [6.45, 7) is 3.70. The fraction of sp³-hybridized carbons (Fsp3) is 0.250. The van der Waals surface area contributed by atoms with Crippen LogP contribution in [0.4, 0.5) is 23.7 Å². The van der Waals surface area contributed by atoms with Crippen LogP contribution >= 0.6 is 11.6 Å². The van der Waals surface area contributed by atoms with Gasteiger partial charge in [0.25, 0.3) is 0 Å². The zero-order valence-electron chi connectivity index (χ0n) is 22.8. The van der Waals surface area contributed by atoms with Crippen molar-refractivity contribution in [1.29, 1.82) is 0 Å². The van der Waals surface area contributed by atoms with Gasteiger partial charge in [-0.15, -0.1) is 0 Å². The first-order chi connectivity index (χ1) is 20.0. The van der Waals surface area contributed by atoms with Gasteiger partial charge >= 0.3 is 18.2 Å². The normalized spacial score (nSPS) is 14.6. The van der Waals surface area contributed by atoms with Crippen molar-refractivity contribution in [2.45, 2.75) is 44.4 Å². The van der Waals surface area contributed by atoms with Crippen LogP contribution in [0.1, 0.15) is 49.5 Å². The first-order valence-corrected chi connectivity index (χ1v) is 13.7. The number of amides is 1. The summed E-state index contributed by atoms with van der Waals surface area (Å²) in [6.07, 6.45) is -3.27. The van der Waals surface area contributed by atoms with Crippen LogP contribution in [0.15, 0.2) is 83.5 Å². The maximum atomic E-state index is 12.8. The highest BCUT2D eigenvalue weighted by Gasteiger charge is 2.52. The SMILES string of the molecule is CCOC(=O)C1(c2ccc(-c3ccc(-c4occ(Cl)c4NC(=O)O[C@H](C)c4ccc(C(F)(F)F)cc4)cc3)cc2)CC1. The van der Waals surface area contributed by atoms with E-state index in [1.54, 1.807) is 13.8 Å². The minimum Gasteiger partial charge on any atom is -0.465 e. The fourth-order valence-corrected chi connectivity index (χ4v) is 4.95. The van der Waals surface area contributed by atoms with Crippen LogP contribution < -0.4 is 5.32 Å². The average Bonchev–Trinajstić information content (AvgIpc) is 3.72. The van der Waals surface area contributed by atoms with Gasteiger partial charge in [-0.05, 0) is 61.1 Å². The van der Waals surface area contributed by atoms with Gasteiger partial charge in [0.1, 0.15) is 23.1 Å². The number of benzene rings is 3. The number of rotatable bonds is 8. The van der Waals surface area contributed by atoms with Gasteiger partial charge in [0, 0.05) is 5.56 Å². The molecule has 1 N–H and O–H groups in total. The topological polar surface area (TPSA) is 77.8 Å². The number of alkyl halides is 3. The Hall–Kier alpha value is -4.24. The Morgan fingerprint density at radius 1 is 0.952 bits per heavy atom. The van der Waals surface area contributed by atoms with Crippen LogP contribution in [0.3, 0.4) is 0 Å². The van der Waals surface area contributed by atoms with E-state index in [1.807, 2.05) is 48.5 Å². The summed E-state index contributed by atoms with van der Waals surface area (Å²) in [5.74, 6) is 0.132. The first-order valence-electron chi connectivity index (χ1n) is 13.3. The number of esters is 1. The van der Waals surface area contributed by atoms with Gasteiger partial charge in [0.2, 0.25) is 0 Å². The second-order valence-corrected chi connectivity index (χ2v) is 10.4. The molecule has 1 aliphatic rings. The van der Waals surface area contributed by atoms with Crippen LogP contribution in [0.2, 0.25) is 5.02 Å². The van der Waals surface area contributed by atoms with E-state index in [1.165, 1.54) is 18.4 Å². The molecule has 0 aliphatic heterocycles. The maximum absolute atomic E-state index is 12.8. The molecule has 6 nitrogen and oxygen atoms in total. The predicted molar refractivity (Wildman–Crippen MR) is 152 cm³/mol. The van der Waals surface area contributed by atoms with Crippen molar-refractivity contribution >= 4 is 29.4 Å². The smallest absolute Gasteiger partial charge is 0.416 e. The largest absolute Gasteiger partial charge is 0.465 e. The lowest BCUT2D eigenvalue weighted by Gasteiger charge is -2.15. The van der Waals surface area contributed by atoms with Gasteiger partial charge < -0.3 is 13.9 Å². The van der Waals surface area contributed by atoms with Crippen molar-refractivity contribution in [3.05, 3.63) is 101 Å². The molecule has 1 saturated carbocycles. The zero-order valence-corrected chi connectivity index (χ0v) is 23.5. The number of anilines is 1. The van der Waals surface area contributed by atoms with E-state index in [4.69, 9.17) is 25.5 Å².